The van der Waals surface area contributed by atoms with Gasteiger partial charge in [-0.15, -0.1) is 0 Å². The molecule has 1 unspecified atom stereocenters. The summed E-state index contributed by atoms with van der Waals surface area (Å²) < 4.78 is 0. The molecule has 0 bridgehead atoms. The molecule has 60 valence electrons. The quantitative estimate of drug-likeness (QED) is 0.533. The molecule has 0 aromatic rings. The SMILES string of the molecule is CC(C)=C(C)C(C)N(C)C. The van der Waals surface area contributed by atoms with E-state index in [0.29, 0.717) is 6.04 Å². The number of hydrogen-bond acceptors (Lipinski definition) is 1. The van der Waals surface area contributed by atoms with E-state index < -0.39 is 0 Å². The summed E-state index contributed by atoms with van der Waals surface area (Å²) in [5.41, 5.74) is 2.91. The molecule has 0 aromatic carbocycles. The normalized spacial score (nSPS) is 13.5. The van der Waals surface area contributed by atoms with Crippen LogP contribution in [0.4, 0.5) is 0 Å². The maximum Gasteiger partial charge on any atom is 0.0272 e. The minimum Gasteiger partial charge on any atom is -0.303 e. The minimum atomic E-state index is 0.574. The zero-order valence-corrected chi connectivity index (χ0v) is 8.02. The van der Waals surface area contributed by atoms with Crippen molar-refractivity contribution in [2.24, 2.45) is 0 Å². The largest absolute Gasteiger partial charge is 0.303 e. The van der Waals surface area contributed by atoms with Gasteiger partial charge in [-0.2, -0.15) is 0 Å². The molecule has 0 saturated carbocycles. The Morgan fingerprint density at radius 3 is 1.60 bits per heavy atom. The summed E-state index contributed by atoms with van der Waals surface area (Å²) in [4.78, 5) is 2.22. The molecule has 0 radical (unpaired) electrons. The van der Waals surface area contributed by atoms with E-state index in [9.17, 15) is 0 Å². The molecule has 0 rings (SSSR count). The summed E-state index contributed by atoms with van der Waals surface area (Å²) in [6, 6.07) is 0.574. The first kappa shape index (κ1) is 9.70. The van der Waals surface area contributed by atoms with Crippen LogP contribution in [0.25, 0.3) is 0 Å². The van der Waals surface area contributed by atoms with Crippen LogP contribution in [-0.2, 0) is 0 Å². The van der Waals surface area contributed by atoms with Crippen LogP contribution in [0.3, 0.4) is 0 Å². The molecule has 1 atom stereocenters. The van der Waals surface area contributed by atoms with E-state index in [0.717, 1.165) is 0 Å². The maximum atomic E-state index is 2.22. The van der Waals surface area contributed by atoms with Gasteiger partial charge in [0.1, 0.15) is 0 Å². The first-order chi connectivity index (χ1) is 4.46. The molecule has 0 heterocycles. The van der Waals surface area contributed by atoms with E-state index >= 15 is 0 Å². The Hall–Kier alpha value is -0.300. The summed E-state index contributed by atoms with van der Waals surface area (Å²) in [6.45, 7) is 8.74. The first-order valence-electron chi connectivity index (χ1n) is 3.77. The summed E-state index contributed by atoms with van der Waals surface area (Å²) in [6.07, 6.45) is 0. The van der Waals surface area contributed by atoms with Crippen molar-refractivity contribution in [3.8, 4) is 0 Å². The molecule has 0 spiro atoms. The molecule has 0 saturated heterocycles. The fourth-order valence-corrected chi connectivity index (χ4v) is 0.805. The molecule has 0 amide bonds. The topological polar surface area (TPSA) is 3.24 Å². The van der Waals surface area contributed by atoms with Crippen molar-refractivity contribution < 1.29 is 0 Å². The van der Waals surface area contributed by atoms with Gasteiger partial charge in [-0.1, -0.05) is 11.1 Å². The molecule has 0 N–H and O–H groups in total. The fraction of sp³-hybridized carbons (Fsp3) is 0.778. The highest BCUT2D eigenvalue weighted by Gasteiger charge is 2.06. The van der Waals surface area contributed by atoms with Gasteiger partial charge in [0, 0.05) is 6.04 Å². The Kier molecular flexibility index (Phi) is 3.66. The summed E-state index contributed by atoms with van der Waals surface area (Å²) in [7, 11) is 4.22. The Morgan fingerprint density at radius 1 is 1.10 bits per heavy atom. The van der Waals surface area contributed by atoms with Crippen molar-refractivity contribution >= 4 is 0 Å². The summed E-state index contributed by atoms with van der Waals surface area (Å²) in [5, 5.41) is 0. The fourth-order valence-electron chi connectivity index (χ4n) is 0.805. The lowest BCUT2D eigenvalue weighted by Gasteiger charge is -2.21. The van der Waals surface area contributed by atoms with E-state index in [2.05, 4.69) is 46.7 Å². The van der Waals surface area contributed by atoms with Gasteiger partial charge >= 0.3 is 0 Å². The maximum absolute atomic E-state index is 2.22. The average molecular weight is 141 g/mol. The van der Waals surface area contributed by atoms with Crippen LogP contribution in [0.1, 0.15) is 27.7 Å². The summed E-state index contributed by atoms with van der Waals surface area (Å²) >= 11 is 0. The van der Waals surface area contributed by atoms with Gasteiger partial charge in [0.2, 0.25) is 0 Å². The van der Waals surface area contributed by atoms with Crippen molar-refractivity contribution in [1.82, 2.24) is 4.90 Å². The Balaban J connectivity index is 4.22. The minimum absolute atomic E-state index is 0.574. The Labute approximate surface area is 64.7 Å². The van der Waals surface area contributed by atoms with Gasteiger partial charge in [0.25, 0.3) is 0 Å². The average Bonchev–Trinajstić information content (AvgIpc) is 1.84. The number of hydrogen-bond donors (Lipinski definition) is 0. The van der Waals surface area contributed by atoms with E-state index in [1.165, 1.54) is 11.1 Å². The highest BCUT2D eigenvalue weighted by atomic mass is 15.1. The number of rotatable bonds is 2. The first-order valence-corrected chi connectivity index (χ1v) is 3.77. The van der Waals surface area contributed by atoms with Gasteiger partial charge in [0.15, 0.2) is 0 Å². The Morgan fingerprint density at radius 2 is 1.50 bits per heavy atom. The van der Waals surface area contributed by atoms with E-state index in [4.69, 9.17) is 0 Å². The third-order valence-corrected chi connectivity index (χ3v) is 2.19. The smallest absolute Gasteiger partial charge is 0.0272 e. The zero-order valence-electron chi connectivity index (χ0n) is 8.02. The third-order valence-electron chi connectivity index (χ3n) is 2.19. The van der Waals surface area contributed by atoms with Crippen molar-refractivity contribution in [2.45, 2.75) is 33.7 Å². The molecule has 0 aliphatic heterocycles. The number of allylic oxidation sites excluding steroid dienone is 1. The van der Waals surface area contributed by atoms with Gasteiger partial charge < -0.3 is 4.90 Å². The van der Waals surface area contributed by atoms with E-state index in [1.54, 1.807) is 0 Å². The Bertz CT molecular complexity index is 130. The lowest BCUT2D eigenvalue weighted by atomic mass is 10.1. The lowest BCUT2D eigenvalue weighted by molar-refractivity contribution is 0.349. The molecule has 0 fully saturated rings. The van der Waals surface area contributed by atoms with Crippen LogP contribution in [0, 0.1) is 0 Å². The van der Waals surface area contributed by atoms with Crippen LogP contribution >= 0.6 is 0 Å². The second kappa shape index (κ2) is 3.77. The molecule has 0 aromatic heterocycles. The van der Waals surface area contributed by atoms with Gasteiger partial charge in [-0.3, -0.25) is 0 Å². The molecule has 10 heavy (non-hydrogen) atoms. The monoisotopic (exact) mass is 141 g/mol. The van der Waals surface area contributed by atoms with Crippen LogP contribution in [0.15, 0.2) is 11.1 Å². The predicted octanol–water partition coefficient (Wildman–Crippen LogP) is 2.29. The lowest BCUT2D eigenvalue weighted by Crippen LogP contribution is -2.25. The zero-order chi connectivity index (χ0) is 8.31. The van der Waals surface area contributed by atoms with E-state index in [1.807, 2.05) is 0 Å². The second-order valence-electron chi connectivity index (χ2n) is 3.32. The molecular formula is C9H19N. The van der Waals surface area contributed by atoms with Crippen molar-refractivity contribution in [1.29, 1.82) is 0 Å². The highest BCUT2D eigenvalue weighted by Crippen LogP contribution is 2.10. The van der Waals surface area contributed by atoms with Crippen molar-refractivity contribution in [2.75, 3.05) is 14.1 Å². The summed E-state index contributed by atoms with van der Waals surface area (Å²) in [5.74, 6) is 0. The third kappa shape index (κ3) is 2.53. The second-order valence-corrected chi connectivity index (χ2v) is 3.32. The van der Waals surface area contributed by atoms with E-state index in [-0.39, 0.29) is 0 Å². The van der Waals surface area contributed by atoms with Gasteiger partial charge in [0.05, 0.1) is 0 Å². The van der Waals surface area contributed by atoms with Crippen LogP contribution in [-0.4, -0.2) is 25.0 Å². The van der Waals surface area contributed by atoms with Crippen LogP contribution < -0.4 is 0 Å². The molecule has 1 heteroatoms. The molecule has 1 nitrogen and oxygen atoms in total. The van der Waals surface area contributed by atoms with Crippen molar-refractivity contribution in [3.63, 3.8) is 0 Å². The standard InChI is InChI=1S/C9H19N/c1-7(2)8(3)9(4)10(5)6/h9H,1-6H3. The molecule has 0 aliphatic carbocycles. The van der Waals surface area contributed by atoms with Gasteiger partial charge in [-0.05, 0) is 41.8 Å². The van der Waals surface area contributed by atoms with Gasteiger partial charge in [-0.25, -0.2) is 0 Å². The van der Waals surface area contributed by atoms with Crippen LogP contribution in [0.5, 0.6) is 0 Å². The highest BCUT2D eigenvalue weighted by molar-refractivity contribution is 5.12. The van der Waals surface area contributed by atoms with Crippen molar-refractivity contribution in [3.05, 3.63) is 11.1 Å². The van der Waals surface area contributed by atoms with Crippen LogP contribution in [0.2, 0.25) is 0 Å². The predicted molar refractivity (Wildman–Crippen MR) is 47.2 cm³/mol. The molecule has 0 aliphatic rings. The number of nitrogens with zero attached hydrogens (tertiary/aromatic N) is 1. The number of likely N-dealkylation sites (N-methyl/N-ethyl adjacent to an activating group) is 1. The molecular weight excluding hydrogens is 122 g/mol.